The van der Waals surface area contributed by atoms with Gasteiger partial charge in [-0.3, -0.25) is 14.9 Å². The van der Waals surface area contributed by atoms with Crippen LogP contribution in [0.5, 0.6) is 11.5 Å². The normalized spacial score (nSPS) is 13.1. The van der Waals surface area contributed by atoms with Crippen molar-refractivity contribution in [3.8, 4) is 11.5 Å². The SMILES string of the molecule is CC(C)(N)CCC(=O)Nc1cc2c(cc1[N+](=O)[O-])OCO2. The second kappa shape index (κ2) is 5.57. The zero-order valence-electron chi connectivity index (χ0n) is 11.8. The lowest BCUT2D eigenvalue weighted by Crippen LogP contribution is -2.33. The molecule has 21 heavy (non-hydrogen) atoms. The predicted octanol–water partition coefficient (Wildman–Crippen LogP) is 1.78. The van der Waals surface area contributed by atoms with Crippen LogP contribution in [-0.4, -0.2) is 23.2 Å². The van der Waals surface area contributed by atoms with Gasteiger partial charge in [0.2, 0.25) is 12.7 Å². The van der Waals surface area contributed by atoms with Gasteiger partial charge < -0.3 is 20.5 Å². The van der Waals surface area contributed by atoms with Gasteiger partial charge in [-0.05, 0) is 20.3 Å². The van der Waals surface area contributed by atoms with Crippen molar-refractivity contribution in [2.24, 2.45) is 5.73 Å². The minimum absolute atomic E-state index is 0.00521. The van der Waals surface area contributed by atoms with Crippen LogP contribution in [0.3, 0.4) is 0 Å². The molecular formula is C13H17N3O5. The highest BCUT2D eigenvalue weighted by atomic mass is 16.7. The summed E-state index contributed by atoms with van der Waals surface area (Å²) in [5, 5.41) is 13.6. The summed E-state index contributed by atoms with van der Waals surface area (Å²) >= 11 is 0. The summed E-state index contributed by atoms with van der Waals surface area (Å²) in [6.45, 7) is 3.62. The van der Waals surface area contributed by atoms with Gasteiger partial charge in [0.15, 0.2) is 11.5 Å². The third kappa shape index (κ3) is 3.82. The van der Waals surface area contributed by atoms with Gasteiger partial charge in [-0.25, -0.2) is 0 Å². The van der Waals surface area contributed by atoms with Crippen LogP contribution in [0.15, 0.2) is 12.1 Å². The van der Waals surface area contributed by atoms with E-state index in [9.17, 15) is 14.9 Å². The van der Waals surface area contributed by atoms with E-state index in [2.05, 4.69) is 5.32 Å². The van der Waals surface area contributed by atoms with Crippen molar-refractivity contribution in [3.05, 3.63) is 22.2 Å². The molecule has 8 nitrogen and oxygen atoms in total. The molecule has 0 bridgehead atoms. The number of amides is 1. The van der Waals surface area contributed by atoms with Gasteiger partial charge >= 0.3 is 0 Å². The smallest absolute Gasteiger partial charge is 0.296 e. The second-order valence-electron chi connectivity index (χ2n) is 5.52. The van der Waals surface area contributed by atoms with E-state index in [1.807, 2.05) is 13.8 Å². The molecule has 1 amide bonds. The summed E-state index contributed by atoms with van der Waals surface area (Å²) in [4.78, 5) is 22.4. The van der Waals surface area contributed by atoms with Crippen molar-refractivity contribution in [1.82, 2.24) is 0 Å². The summed E-state index contributed by atoms with van der Waals surface area (Å²) in [5.41, 5.74) is 5.18. The highest BCUT2D eigenvalue weighted by Gasteiger charge is 2.24. The number of carbonyl (C=O) groups excluding carboxylic acids is 1. The van der Waals surface area contributed by atoms with Crippen molar-refractivity contribution in [1.29, 1.82) is 0 Å². The monoisotopic (exact) mass is 295 g/mol. The molecule has 0 aromatic heterocycles. The molecule has 8 heteroatoms. The van der Waals surface area contributed by atoms with Crippen LogP contribution in [0, 0.1) is 10.1 Å². The van der Waals surface area contributed by atoms with Crippen molar-refractivity contribution in [2.45, 2.75) is 32.2 Å². The number of nitrogens with two attached hydrogens (primary N) is 1. The molecule has 0 aliphatic carbocycles. The maximum absolute atomic E-state index is 11.9. The Balaban J connectivity index is 2.15. The molecule has 0 saturated carbocycles. The first-order valence-electron chi connectivity index (χ1n) is 6.43. The Bertz CT molecular complexity index is 580. The minimum atomic E-state index is -0.579. The lowest BCUT2D eigenvalue weighted by atomic mass is 10.00. The molecule has 1 heterocycles. The molecule has 0 unspecified atom stereocenters. The first-order chi connectivity index (χ1) is 9.76. The third-order valence-corrected chi connectivity index (χ3v) is 2.96. The summed E-state index contributed by atoms with van der Waals surface area (Å²) in [5.74, 6) is 0.327. The second-order valence-corrected chi connectivity index (χ2v) is 5.52. The number of ether oxygens (including phenoxy) is 2. The largest absolute Gasteiger partial charge is 0.454 e. The number of carbonyl (C=O) groups is 1. The maximum atomic E-state index is 11.9. The van der Waals surface area contributed by atoms with Crippen LogP contribution in [-0.2, 0) is 4.79 Å². The quantitative estimate of drug-likeness (QED) is 0.631. The number of nitrogens with zero attached hydrogens (tertiary/aromatic N) is 1. The van der Waals surface area contributed by atoms with Gasteiger partial charge in [0, 0.05) is 18.0 Å². The molecule has 1 aliphatic rings. The summed E-state index contributed by atoms with van der Waals surface area (Å²) in [6.07, 6.45) is 0.645. The number of hydrogen-bond donors (Lipinski definition) is 2. The zero-order chi connectivity index (χ0) is 15.6. The van der Waals surface area contributed by atoms with E-state index in [0.717, 1.165) is 0 Å². The molecule has 3 N–H and O–H groups in total. The summed E-state index contributed by atoms with van der Waals surface area (Å²) in [6, 6.07) is 2.64. The molecule has 2 rings (SSSR count). The number of benzene rings is 1. The molecule has 1 aliphatic heterocycles. The fraction of sp³-hybridized carbons (Fsp3) is 0.462. The van der Waals surface area contributed by atoms with Crippen LogP contribution in [0.4, 0.5) is 11.4 Å². The zero-order valence-corrected chi connectivity index (χ0v) is 11.8. The Morgan fingerprint density at radius 1 is 1.43 bits per heavy atom. The Kier molecular flexibility index (Phi) is 3.99. The fourth-order valence-corrected chi connectivity index (χ4v) is 1.83. The molecule has 1 aromatic rings. The number of anilines is 1. The molecule has 1 aromatic carbocycles. The standard InChI is InChI=1S/C13H17N3O5/c1-13(2,14)4-3-12(17)15-8-5-10-11(21-7-20-10)6-9(8)16(18)19/h5-6H,3-4,7,14H2,1-2H3,(H,15,17). The van der Waals surface area contributed by atoms with Crippen molar-refractivity contribution < 1.29 is 19.2 Å². The molecule has 114 valence electrons. The van der Waals surface area contributed by atoms with Gasteiger partial charge in [0.25, 0.3) is 5.69 Å². The van der Waals surface area contributed by atoms with Gasteiger partial charge in [0.05, 0.1) is 11.0 Å². The van der Waals surface area contributed by atoms with Crippen LogP contribution in [0.2, 0.25) is 0 Å². The highest BCUT2D eigenvalue weighted by Crippen LogP contribution is 2.40. The highest BCUT2D eigenvalue weighted by molar-refractivity contribution is 5.93. The molecule has 0 saturated heterocycles. The Morgan fingerprint density at radius 3 is 2.62 bits per heavy atom. The number of nitrogens with one attached hydrogen (secondary N) is 1. The summed E-state index contributed by atoms with van der Waals surface area (Å²) < 4.78 is 10.2. The van der Waals surface area contributed by atoms with Gasteiger partial charge in [-0.1, -0.05) is 0 Å². The van der Waals surface area contributed by atoms with Gasteiger partial charge in [0.1, 0.15) is 5.69 Å². The number of nitro benzene ring substituents is 1. The Labute approximate surface area is 121 Å². The van der Waals surface area contributed by atoms with Gasteiger partial charge in [-0.15, -0.1) is 0 Å². The average Bonchev–Trinajstić information content (AvgIpc) is 2.81. The average molecular weight is 295 g/mol. The topological polar surface area (TPSA) is 117 Å². The van der Waals surface area contributed by atoms with E-state index >= 15 is 0 Å². The van der Waals surface area contributed by atoms with Crippen molar-refractivity contribution >= 4 is 17.3 Å². The first-order valence-corrected chi connectivity index (χ1v) is 6.43. The van der Waals surface area contributed by atoms with E-state index in [4.69, 9.17) is 15.2 Å². The van der Waals surface area contributed by atoms with E-state index < -0.39 is 10.5 Å². The predicted molar refractivity (Wildman–Crippen MR) is 75.3 cm³/mol. The Morgan fingerprint density at radius 2 is 2.05 bits per heavy atom. The first kappa shape index (κ1) is 15.0. The van der Waals surface area contributed by atoms with E-state index in [0.29, 0.717) is 17.9 Å². The Hall–Kier alpha value is -2.35. The van der Waals surface area contributed by atoms with E-state index in [1.165, 1.54) is 12.1 Å². The lowest BCUT2D eigenvalue weighted by Gasteiger charge is -2.17. The van der Waals surface area contributed by atoms with E-state index in [1.54, 1.807) is 0 Å². The van der Waals surface area contributed by atoms with Crippen molar-refractivity contribution in [2.75, 3.05) is 12.1 Å². The van der Waals surface area contributed by atoms with Crippen LogP contribution >= 0.6 is 0 Å². The summed E-state index contributed by atoms with van der Waals surface area (Å²) in [7, 11) is 0. The molecular weight excluding hydrogens is 278 g/mol. The third-order valence-electron chi connectivity index (χ3n) is 2.96. The number of fused-ring (bicyclic) bond motifs is 1. The fourth-order valence-electron chi connectivity index (χ4n) is 1.83. The van der Waals surface area contributed by atoms with Crippen molar-refractivity contribution in [3.63, 3.8) is 0 Å². The number of hydrogen-bond acceptors (Lipinski definition) is 6. The van der Waals surface area contributed by atoms with Gasteiger partial charge in [-0.2, -0.15) is 0 Å². The minimum Gasteiger partial charge on any atom is -0.454 e. The van der Waals surface area contributed by atoms with Crippen LogP contribution in [0.25, 0.3) is 0 Å². The maximum Gasteiger partial charge on any atom is 0.296 e. The molecule has 0 fully saturated rings. The van der Waals surface area contributed by atoms with E-state index in [-0.39, 0.29) is 30.5 Å². The molecule has 0 atom stereocenters. The molecule has 0 spiro atoms. The number of rotatable bonds is 5. The number of nitro groups is 1. The van der Waals surface area contributed by atoms with Crippen LogP contribution in [0.1, 0.15) is 26.7 Å². The lowest BCUT2D eigenvalue weighted by molar-refractivity contribution is -0.384. The van der Waals surface area contributed by atoms with Crippen LogP contribution < -0.4 is 20.5 Å². The molecule has 0 radical (unpaired) electrons.